The van der Waals surface area contributed by atoms with E-state index in [-0.39, 0.29) is 5.41 Å². The van der Waals surface area contributed by atoms with Crippen LogP contribution in [-0.2, 0) is 5.41 Å². The standard InChI is InChI=1S/C60H41N5/c1-60(2)49-23-11-6-18-43(49)44-33-32-41(34-50(44)60)53-37-52(62-59(63-53)40-16-4-3-5-17-40)39-30-28-38(29-31-39)51-35-42(64-54-24-12-7-19-45(54)46-20-8-13-25-55(46)64)36-58(61-51)65-56-26-14-9-21-47(56)48-22-10-15-27-57(48)65/h3-37H,1-2H3. The zero-order valence-electron chi connectivity index (χ0n) is 35.9. The van der Waals surface area contributed by atoms with Crippen LogP contribution in [0.1, 0.15) is 25.0 Å². The van der Waals surface area contributed by atoms with Gasteiger partial charge >= 0.3 is 0 Å². The fraction of sp³-hybridized carbons (Fsp3) is 0.0500. The predicted octanol–water partition coefficient (Wildman–Crippen LogP) is 15.0. The van der Waals surface area contributed by atoms with Crippen molar-refractivity contribution in [3.63, 3.8) is 0 Å². The molecule has 1 aliphatic rings. The van der Waals surface area contributed by atoms with E-state index in [0.29, 0.717) is 5.82 Å². The number of fused-ring (bicyclic) bond motifs is 9. The van der Waals surface area contributed by atoms with Crippen molar-refractivity contribution in [2.45, 2.75) is 19.3 Å². The first-order valence-electron chi connectivity index (χ1n) is 22.3. The van der Waals surface area contributed by atoms with Gasteiger partial charge in [-0.3, -0.25) is 4.57 Å². The number of para-hydroxylation sites is 4. The molecule has 5 heteroatoms. The molecule has 306 valence electrons. The van der Waals surface area contributed by atoms with Gasteiger partial charge in [0.25, 0.3) is 0 Å². The average molecular weight is 832 g/mol. The van der Waals surface area contributed by atoms with Crippen LogP contribution in [0.3, 0.4) is 0 Å². The lowest BCUT2D eigenvalue weighted by molar-refractivity contribution is 0.660. The van der Waals surface area contributed by atoms with E-state index in [1.54, 1.807) is 0 Å². The molecule has 0 radical (unpaired) electrons. The molecular formula is C60H41N5. The molecule has 0 saturated heterocycles. The minimum atomic E-state index is -0.121. The Bertz CT molecular complexity index is 3620. The van der Waals surface area contributed by atoms with Gasteiger partial charge < -0.3 is 4.57 Å². The molecule has 0 amide bonds. The summed E-state index contributed by atoms with van der Waals surface area (Å²) in [6.45, 7) is 4.65. The zero-order valence-corrected chi connectivity index (χ0v) is 35.9. The van der Waals surface area contributed by atoms with Crippen molar-refractivity contribution >= 4 is 43.6 Å². The molecule has 65 heavy (non-hydrogen) atoms. The van der Waals surface area contributed by atoms with Crippen LogP contribution in [0, 0.1) is 0 Å². The maximum absolute atomic E-state index is 5.51. The number of hydrogen-bond acceptors (Lipinski definition) is 3. The highest BCUT2D eigenvalue weighted by Crippen LogP contribution is 2.49. The molecule has 13 rings (SSSR count). The molecule has 0 unspecified atom stereocenters. The van der Waals surface area contributed by atoms with Crippen molar-refractivity contribution in [1.29, 1.82) is 0 Å². The number of hydrogen-bond donors (Lipinski definition) is 0. The van der Waals surface area contributed by atoms with Crippen molar-refractivity contribution in [2.75, 3.05) is 0 Å². The number of nitrogens with zero attached hydrogens (tertiary/aromatic N) is 5. The summed E-state index contributed by atoms with van der Waals surface area (Å²) in [6.07, 6.45) is 0. The number of aromatic nitrogens is 5. The van der Waals surface area contributed by atoms with Crippen LogP contribution in [0.2, 0.25) is 0 Å². The van der Waals surface area contributed by atoms with E-state index in [2.05, 4.69) is 217 Å². The number of rotatable bonds is 6. The molecular weight excluding hydrogens is 791 g/mol. The van der Waals surface area contributed by atoms with Crippen molar-refractivity contribution in [1.82, 2.24) is 24.1 Å². The van der Waals surface area contributed by atoms with Crippen molar-refractivity contribution in [3.05, 3.63) is 223 Å². The Morgan fingerprint density at radius 1 is 0.338 bits per heavy atom. The highest BCUT2D eigenvalue weighted by Gasteiger charge is 2.35. The van der Waals surface area contributed by atoms with E-state index in [0.717, 1.165) is 72.9 Å². The predicted molar refractivity (Wildman–Crippen MR) is 268 cm³/mol. The summed E-state index contributed by atoms with van der Waals surface area (Å²) in [5, 5.41) is 4.84. The Kier molecular flexibility index (Phi) is 8.18. The SMILES string of the molecule is CC1(C)c2ccccc2-c2ccc(-c3cc(-c4ccc(-c5cc(-n6c7ccccc7c7ccccc76)cc(-n6c7ccccc7c7ccccc76)n5)cc4)nc(-c4ccccc4)n3)cc21. The van der Waals surface area contributed by atoms with Gasteiger partial charge in [-0.15, -0.1) is 0 Å². The number of pyridine rings is 1. The van der Waals surface area contributed by atoms with Gasteiger partial charge in [-0.05, 0) is 64.7 Å². The second-order valence-electron chi connectivity index (χ2n) is 17.6. The maximum atomic E-state index is 5.51. The van der Waals surface area contributed by atoms with Gasteiger partial charge in [0.05, 0.1) is 44.8 Å². The van der Waals surface area contributed by atoms with Crippen LogP contribution in [0.5, 0.6) is 0 Å². The molecule has 1 aliphatic carbocycles. The Hall–Kier alpha value is -8.41. The average Bonchev–Trinajstić information content (AvgIpc) is 3.97. The molecule has 4 aromatic heterocycles. The first kappa shape index (κ1) is 37.2. The van der Waals surface area contributed by atoms with E-state index < -0.39 is 0 Å². The van der Waals surface area contributed by atoms with Gasteiger partial charge in [0.2, 0.25) is 0 Å². The van der Waals surface area contributed by atoms with E-state index in [9.17, 15) is 0 Å². The number of benzene rings is 8. The molecule has 0 N–H and O–H groups in total. The smallest absolute Gasteiger partial charge is 0.160 e. The highest BCUT2D eigenvalue weighted by atomic mass is 15.1. The molecule has 0 aliphatic heterocycles. The minimum absolute atomic E-state index is 0.121. The third kappa shape index (κ3) is 5.82. The first-order valence-corrected chi connectivity index (χ1v) is 22.3. The zero-order chi connectivity index (χ0) is 43.2. The largest absolute Gasteiger partial charge is 0.309 e. The van der Waals surface area contributed by atoms with Gasteiger partial charge in [-0.1, -0.05) is 178 Å². The van der Waals surface area contributed by atoms with Gasteiger partial charge in [0, 0.05) is 55.3 Å². The molecule has 0 bridgehead atoms. The van der Waals surface area contributed by atoms with E-state index in [1.807, 2.05) is 18.2 Å². The molecule has 4 heterocycles. The molecule has 0 spiro atoms. The molecule has 0 fully saturated rings. The van der Waals surface area contributed by atoms with Gasteiger partial charge in [-0.25, -0.2) is 15.0 Å². The Morgan fingerprint density at radius 2 is 0.800 bits per heavy atom. The first-order chi connectivity index (χ1) is 32.0. The van der Waals surface area contributed by atoms with Gasteiger partial charge in [0.15, 0.2) is 5.82 Å². The van der Waals surface area contributed by atoms with E-state index in [1.165, 1.54) is 43.8 Å². The molecule has 8 aromatic carbocycles. The summed E-state index contributed by atoms with van der Waals surface area (Å²) in [5.41, 5.74) is 17.4. The van der Waals surface area contributed by atoms with Gasteiger partial charge in [0.1, 0.15) is 5.82 Å². The van der Waals surface area contributed by atoms with E-state index in [4.69, 9.17) is 15.0 Å². The summed E-state index contributed by atoms with van der Waals surface area (Å²) in [4.78, 5) is 15.9. The monoisotopic (exact) mass is 831 g/mol. The summed E-state index contributed by atoms with van der Waals surface area (Å²) >= 11 is 0. The van der Waals surface area contributed by atoms with Crippen LogP contribution >= 0.6 is 0 Å². The topological polar surface area (TPSA) is 48.5 Å². The molecule has 0 saturated carbocycles. The molecule has 12 aromatic rings. The van der Waals surface area contributed by atoms with Crippen molar-refractivity contribution in [3.8, 4) is 67.8 Å². The summed E-state index contributed by atoms with van der Waals surface area (Å²) in [7, 11) is 0. The van der Waals surface area contributed by atoms with Crippen molar-refractivity contribution in [2.24, 2.45) is 0 Å². The lowest BCUT2D eigenvalue weighted by Gasteiger charge is -2.22. The summed E-state index contributed by atoms with van der Waals surface area (Å²) in [6, 6.07) is 75.8. The van der Waals surface area contributed by atoms with E-state index >= 15 is 0 Å². The second kappa shape index (κ2) is 14.3. The Balaban J connectivity index is 0.973. The van der Waals surface area contributed by atoms with Crippen LogP contribution in [0.25, 0.3) is 111 Å². The van der Waals surface area contributed by atoms with Gasteiger partial charge in [-0.2, -0.15) is 0 Å². The minimum Gasteiger partial charge on any atom is -0.309 e. The highest BCUT2D eigenvalue weighted by molar-refractivity contribution is 6.10. The normalized spacial score (nSPS) is 12.9. The Morgan fingerprint density at radius 3 is 1.40 bits per heavy atom. The fourth-order valence-electron chi connectivity index (χ4n) is 10.4. The molecule has 5 nitrogen and oxygen atoms in total. The van der Waals surface area contributed by atoms with Crippen LogP contribution in [0.15, 0.2) is 212 Å². The van der Waals surface area contributed by atoms with Crippen LogP contribution in [-0.4, -0.2) is 24.1 Å². The fourth-order valence-corrected chi connectivity index (χ4v) is 10.4. The second-order valence-corrected chi connectivity index (χ2v) is 17.6. The maximum Gasteiger partial charge on any atom is 0.160 e. The van der Waals surface area contributed by atoms with Crippen LogP contribution < -0.4 is 0 Å². The quantitative estimate of drug-likeness (QED) is 0.168. The third-order valence-corrected chi connectivity index (χ3v) is 13.6. The van der Waals surface area contributed by atoms with Crippen molar-refractivity contribution < 1.29 is 0 Å². The molecule has 0 atom stereocenters. The summed E-state index contributed by atoms with van der Waals surface area (Å²) < 4.78 is 4.69. The lowest BCUT2D eigenvalue weighted by Crippen LogP contribution is -2.14. The lowest BCUT2D eigenvalue weighted by atomic mass is 9.82. The van der Waals surface area contributed by atoms with Crippen LogP contribution in [0.4, 0.5) is 0 Å². The Labute approximate surface area is 376 Å². The third-order valence-electron chi connectivity index (χ3n) is 13.6. The summed E-state index contributed by atoms with van der Waals surface area (Å²) in [5.74, 6) is 1.55.